The number of hydrogen-bond acceptors (Lipinski definition) is 4. The van der Waals surface area contributed by atoms with E-state index in [4.69, 9.17) is 4.99 Å². The van der Waals surface area contributed by atoms with Crippen molar-refractivity contribution < 1.29 is 4.79 Å². The number of rotatable bonds is 7. The van der Waals surface area contributed by atoms with Gasteiger partial charge in [0.15, 0.2) is 5.96 Å². The highest BCUT2D eigenvalue weighted by atomic mass is 32.1. The Hall–Kier alpha value is -2.54. The van der Waals surface area contributed by atoms with Gasteiger partial charge in [-0.15, -0.1) is 0 Å². The van der Waals surface area contributed by atoms with Crippen molar-refractivity contribution in [1.82, 2.24) is 16.0 Å². The summed E-state index contributed by atoms with van der Waals surface area (Å²) in [5, 5.41) is 13.9. The molecule has 0 aliphatic carbocycles. The number of aliphatic imine (C=N–C) groups is 1. The molecule has 3 N–H and O–H groups in total. The maximum Gasteiger partial charge on any atom is 0.239 e. The van der Waals surface area contributed by atoms with E-state index in [-0.39, 0.29) is 5.91 Å². The molecule has 28 heavy (non-hydrogen) atoms. The summed E-state index contributed by atoms with van der Waals surface area (Å²) in [6, 6.07) is 10.5. The highest BCUT2D eigenvalue weighted by Crippen LogP contribution is 2.18. The molecule has 1 aromatic carbocycles. The molecular formula is C21H29N5OS. The lowest BCUT2D eigenvalue weighted by atomic mass is 10.1. The van der Waals surface area contributed by atoms with Crippen LogP contribution in [0.4, 0.5) is 5.69 Å². The standard InChI is InChI=1S/C21H29N5OS/c1-3-22-21(24-12-16(2)18-8-11-28-15-18)25-13-17-4-6-19(7-5-17)26-10-9-23-20(27)14-26/h4-8,11,15-16H,3,9-10,12-14H2,1-2H3,(H,23,27)(H2,22,24,25). The summed E-state index contributed by atoms with van der Waals surface area (Å²) in [7, 11) is 0. The molecule has 2 heterocycles. The van der Waals surface area contributed by atoms with Gasteiger partial charge in [0.1, 0.15) is 0 Å². The minimum absolute atomic E-state index is 0.0814. The molecule has 1 amide bonds. The molecule has 1 aliphatic heterocycles. The molecule has 150 valence electrons. The summed E-state index contributed by atoms with van der Waals surface area (Å²) in [4.78, 5) is 18.4. The summed E-state index contributed by atoms with van der Waals surface area (Å²) in [5.74, 6) is 1.36. The number of nitrogens with zero attached hydrogens (tertiary/aromatic N) is 2. The van der Waals surface area contributed by atoms with Gasteiger partial charge in [-0.2, -0.15) is 11.3 Å². The highest BCUT2D eigenvalue weighted by molar-refractivity contribution is 7.07. The Kier molecular flexibility index (Phi) is 7.31. The maximum atomic E-state index is 11.6. The molecule has 1 unspecified atom stereocenters. The maximum absolute atomic E-state index is 11.6. The number of carbonyl (C=O) groups excluding carboxylic acids is 1. The number of guanidine groups is 1. The first kappa shape index (κ1) is 20.2. The largest absolute Gasteiger partial charge is 0.360 e. The third-order valence-corrected chi connectivity index (χ3v) is 5.49. The normalized spacial score (nSPS) is 15.9. The first-order valence-corrected chi connectivity index (χ1v) is 10.7. The Bertz CT molecular complexity index is 773. The molecule has 0 radical (unpaired) electrons. The average molecular weight is 400 g/mol. The van der Waals surface area contributed by atoms with Crippen LogP contribution in [0, 0.1) is 0 Å². The topological polar surface area (TPSA) is 68.8 Å². The van der Waals surface area contributed by atoms with Gasteiger partial charge in [0.25, 0.3) is 0 Å². The van der Waals surface area contributed by atoms with E-state index in [0.717, 1.165) is 36.8 Å². The van der Waals surface area contributed by atoms with Crippen LogP contribution in [-0.2, 0) is 11.3 Å². The summed E-state index contributed by atoms with van der Waals surface area (Å²) < 4.78 is 0. The lowest BCUT2D eigenvalue weighted by Gasteiger charge is -2.28. The predicted octanol–water partition coefficient (Wildman–Crippen LogP) is 2.54. The van der Waals surface area contributed by atoms with Crippen LogP contribution in [-0.4, -0.2) is 44.6 Å². The Labute approximate surface area is 171 Å². The zero-order chi connectivity index (χ0) is 19.8. The van der Waals surface area contributed by atoms with E-state index in [2.05, 4.69) is 75.8 Å². The van der Waals surface area contributed by atoms with Crippen molar-refractivity contribution in [2.45, 2.75) is 26.3 Å². The summed E-state index contributed by atoms with van der Waals surface area (Å²) in [6.45, 7) is 8.55. The Morgan fingerprint density at radius 2 is 2.11 bits per heavy atom. The van der Waals surface area contributed by atoms with Gasteiger partial charge in [-0.3, -0.25) is 4.79 Å². The number of nitrogens with one attached hydrogen (secondary N) is 3. The lowest BCUT2D eigenvalue weighted by molar-refractivity contribution is -0.120. The van der Waals surface area contributed by atoms with E-state index in [1.807, 2.05) is 0 Å². The second-order valence-corrected chi connectivity index (χ2v) is 7.75. The molecule has 0 saturated carbocycles. The number of hydrogen-bond donors (Lipinski definition) is 3. The van der Waals surface area contributed by atoms with Crippen LogP contribution in [0.1, 0.15) is 30.9 Å². The molecule has 1 aliphatic rings. The van der Waals surface area contributed by atoms with Crippen molar-refractivity contribution in [3.63, 3.8) is 0 Å². The van der Waals surface area contributed by atoms with Gasteiger partial charge in [0.2, 0.25) is 5.91 Å². The highest BCUT2D eigenvalue weighted by Gasteiger charge is 2.16. The van der Waals surface area contributed by atoms with Crippen LogP contribution in [0.25, 0.3) is 0 Å². The van der Waals surface area contributed by atoms with Crippen LogP contribution in [0.2, 0.25) is 0 Å². The quantitative estimate of drug-likeness (QED) is 0.494. The monoisotopic (exact) mass is 399 g/mol. The van der Waals surface area contributed by atoms with Gasteiger partial charge < -0.3 is 20.9 Å². The van der Waals surface area contributed by atoms with Crippen molar-refractivity contribution in [2.24, 2.45) is 4.99 Å². The molecule has 7 heteroatoms. The first-order chi connectivity index (χ1) is 13.7. The van der Waals surface area contributed by atoms with E-state index >= 15 is 0 Å². The van der Waals surface area contributed by atoms with Crippen molar-refractivity contribution in [1.29, 1.82) is 0 Å². The smallest absolute Gasteiger partial charge is 0.239 e. The number of thiophene rings is 1. The second kappa shape index (κ2) is 10.1. The second-order valence-electron chi connectivity index (χ2n) is 6.97. The predicted molar refractivity (Wildman–Crippen MR) is 117 cm³/mol. The third-order valence-electron chi connectivity index (χ3n) is 4.79. The van der Waals surface area contributed by atoms with E-state index in [1.54, 1.807) is 11.3 Å². The lowest BCUT2D eigenvalue weighted by Crippen LogP contribution is -2.47. The molecule has 3 rings (SSSR count). The van der Waals surface area contributed by atoms with Gasteiger partial charge in [-0.1, -0.05) is 19.1 Å². The van der Waals surface area contributed by atoms with Gasteiger partial charge in [0, 0.05) is 31.9 Å². The molecule has 1 aromatic heterocycles. The van der Waals surface area contributed by atoms with E-state index in [9.17, 15) is 4.79 Å². The molecular weight excluding hydrogens is 370 g/mol. The summed E-state index contributed by atoms with van der Waals surface area (Å²) in [6.07, 6.45) is 0. The zero-order valence-corrected chi connectivity index (χ0v) is 17.4. The first-order valence-electron chi connectivity index (χ1n) is 9.80. The minimum Gasteiger partial charge on any atom is -0.360 e. The van der Waals surface area contributed by atoms with Crippen LogP contribution in [0.5, 0.6) is 0 Å². The van der Waals surface area contributed by atoms with Crippen molar-refractivity contribution >= 4 is 28.9 Å². The number of amides is 1. The average Bonchev–Trinajstić information content (AvgIpc) is 3.25. The molecule has 0 bridgehead atoms. The molecule has 2 aromatic rings. The zero-order valence-electron chi connectivity index (χ0n) is 16.6. The summed E-state index contributed by atoms with van der Waals surface area (Å²) >= 11 is 1.73. The Balaban J connectivity index is 1.55. The Morgan fingerprint density at radius 3 is 2.79 bits per heavy atom. The molecule has 1 atom stereocenters. The molecule has 0 spiro atoms. The fourth-order valence-corrected chi connectivity index (χ4v) is 3.89. The van der Waals surface area contributed by atoms with Gasteiger partial charge in [0.05, 0.1) is 13.1 Å². The van der Waals surface area contributed by atoms with Gasteiger partial charge in [-0.05, 0) is 52.9 Å². The Morgan fingerprint density at radius 1 is 1.29 bits per heavy atom. The van der Waals surface area contributed by atoms with Gasteiger partial charge >= 0.3 is 0 Å². The number of benzene rings is 1. The number of anilines is 1. The summed E-state index contributed by atoms with van der Waals surface area (Å²) in [5.41, 5.74) is 3.58. The van der Waals surface area contributed by atoms with Crippen molar-refractivity contribution in [2.75, 3.05) is 37.6 Å². The SMILES string of the molecule is CCNC(=NCc1ccc(N2CCNC(=O)C2)cc1)NCC(C)c1ccsc1. The van der Waals surface area contributed by atoms with Crippen LogP contribution >= 0.6 is 11.3 Å². The van der Waals surface area contributed by atoms with Crippen molar-refractivity contribution in [3.05, 3.63) is 52.2 Å². The molecule has 1 fully saturated rings. The van der Waals surface area contributed by atoms with E-state index < -0.39 is 0 Å². The van der Waals surface area contributed by atoms with Crippen LogP contribution in [0.15, 0.2) is 46.1 Å². The van der Waals surface area contributed by atoms with E-state index in [1.165, 1.54) is 5.56 Å². The number of carbonyl (C=O) groups is 1. The van der Waals surface area contributed by atoms with Crippen molar-refractivity contribution in [3.8, 4) is 0 Å². The molecule has 1 saturated heterocycles. The number of piperazine rings is 1. The fraction of sp³-hybridized carbons (Fsp3) is 0.429. The van der Waals surface area contributed by atoms with E-state index in [0.29, 0.717) is 25.6 Å². The minimum atomic E-state index is 0.0814. The van der Waals surface area contributed by atoms with Crippen LogP contribution in [0.3, 0.4) is 0 Å². The third kappa shape index (κ3) is 5.73. The molecule has 6 nitrogen and oxygen atoms in total. The van der Waals surface area contributed by atoms with Gasteiger partial charge in [-0.25, -0.2) is 4.99 Å². The fourth-order valence-electron chi connectivity index (χ4n) is 3.11. The van der Waals surface area contributed by atoms with Crippen LogP contribution < -0.4 is 20.9 Å².